The summed E-state index contributed by atoms with van der Waals surface area (Å²) in [5, 5.41) is 3.72. The van der Waals surface area contributed by atoms with E-state index >= 15 is 0 Å². The van der Waals surface area contributed by atoms with Crippen LogP contribution in [0.4, 0.5) is 5.69 Å². The van der Waals surface area contributed by atoms with Crippen LogP contribution in [0, 0.1) is 0 Å². The number of carbonyl (C=O) groups is 1. The van der Waals surface area contributed by atoms with E-state index in [4.69, 9.17) is 28.2 Å². The minimum atomic E-state index is -0.111. The fraction of sp³-hybridized carbons (Fsp3) is 0.0435. The van der Waals surface area contributed by atoms with Crippen molar-refractivity contribution < 1.29 is 4.79 Å². The van der Waals surface area contributed by atoms with Gasteiger partial charge in [-0.15, -0.1) is 0 Å². The first-order chi connectivity index (χ1) is 14.0. The third-order valence-corrected chi connectivity index (χ3v) is 5.27. The average molecular weight is 422 g/mol. The van der Waals surface area contributed by atoms with Gasteiger partial charge in [0.25, 0.3) is 0 Å². The molecule has 1 aromatic heterocycles. The summed E-state index contributed by atoms with van der Waals surface area (Å²) in [5.41, 5.74) is 4.96. The minimum absolute atomic E-state index is 0.111. The maximum absolute atomic E-state index is 11.2. The number of anilines is 1. The van der Waals surface area contributed by atoms with Gasteiger partial charge in [-0.2, -0.15) is 0 Å². The van der Waals surface area contributed by atoms with Gasteiger partial charge < -0.3 is 10.3 Å². The fourth-order valence-corrected chi connectivity index (χ4v) is 3.52. The standard InChI is InChI=1S/C23H17Cl2N3O/c1-14(29)26-17-12-10-16(11-13-17)23-27-21(15-6-3-2-4-7-15)22(28-23)18-8-5-9-19(24)20(18)25/h2-13H,1H3,(H,26,29)(H,27,28). The maximum atomic E-state index is 11.2. The Hall–Kier alpha value is -3.08. The summed E-state index contributed by atoms with van der Waals surface area (Å²) in [5.74, 6) is 0.587. The van der Waals surface area contributed by atoms with Gasteiger partial charge in [-0.25, -0.2) is 4.98 Å². The molecule has 0 spiro atoms. The van der Waals surface area contributed by atoms with Crippen molar-refractivity contribution in [2.75, 3.05) is 5.32 Å². The van der Waals surface area contributed by atoms with Crippen molar-refractivity contribution in [3.05, 3.63) is 82.8 Å². The normalized spacial score (nSPS) is 10.7. The summed E-state index contributed by atoms with van der Waals surface area (Å²) in [6, 6.07) is 22.9. The molecule has 4 aromatic rings. The van der Waals surface area contributed by atoms with Gasteiger partial charge in [-0.3, -0.25) is 4.79 Å². The molecule has 6 heteroatoms. The zero-order chi connectivity index (χ0) is 20.4. The summed E-state index contributed by atoms with van der Waals surface area (Å²) in [6.45, 7) is 1.48. The van der Waals surface area contributed by atoms with Crippen LogP contribution in [0.1, 0.15) is 6.92 Å². The number of carbonyl (C=O) groups excluding carboxylic acids is 1. The molecule has 0 aliphatic carbocycles. The molecule has 0 fully saturated rings. The van der Waals surface area contributed by atoms with E-state index < -0.39 is 0 Å². The molecule has 0 atom stereocenters. The largest absolute Gasteiger partial charge is 0.337 e. The molecule has 0 saturated carbocycles. The van der Waals surface area contributed by atoms with Crippen LogP contribution in [0.25, 0.3) is 33.9 Å². The van der Waals surface area contributed by atoms with Gasteiger partial charge in [0, 0.05) is 29.3 Å². The van der Waals surface area contributed by atoms with Crippen LogP contribution in [-0.2, 0) is 4.79 Å². The summed E-state index contributed by atoms with van der Waals surface area (Å²) < 4.78 is 0. The van der Waals surface area contributed by atoms with Crippen LogP contribution < -0.4 is 5.32 Å². The van der Waals surface area contributed by atoms with Crippen molar-refractivity contribution in [2.45, 2.75) is 6.92 Å². The van der Waals surface area contributed by atoms with Crippen LogP contribution in [0.3, 0.4) is 0 Å². The highest BCUT2D eigenvalue weighted by Crippen LogP contribution is 2.39. The third kappa shape index (κ3) is 4.04. The first-order valence-corrected chi connectivity index (χ1v) is 9.76. The number of H-pyrrole nitrogens is 1. The fourth-order valence-electron chi connectivity index (χ4n) is 3.12. The predicted molar refractivity (Wildman–Crippen MR) is 119 cm³/mol. The Morgan fingerprint density at radius 1 is 0.897 bits per heavy atom. The zero-order valence-corrected chi connectivity index (χ0v) is 17.1. The van der Waals surface area contributed by atoms with Gasteiger partial charge in [-0.05, 0) is 30.3 Å². The molecule has 0 radical (unpaired) electrons. The lowest BCUT2D eigenvalue weighted by Gasteiger charge is -2.06. The molecule has 1 amide bonds. The number of hydrogen-bond donors (Lipinski definition) is 2. The van der Waals surface area contributed by atoms with Crippen LogP contribution in [-0.4, -0.2) is 15.9 Å². The van der Waals surface area contributed by atoms with Gasteiger partial charge in [0.15, 0.2) is 0 Å². The van der Waals surface area contributed by atoms with Crippen LogP contribution in [0.5, 0.6) is 0 Å². The van der Waals surface area contributed by atoms with E-state index in [0.717, 1.165) is 33.8 Å². The average Bonchev–Trinajstić information content (AvgIpc) is 3.16. The van der Waals surface area contributed by atoms with Gasteiger partial charge in [-0.1, -0.05) is 65.7 Å². The lowest BCUT2D eigenvalue weighted by Crippen LogP contribution is -2.05. The highest BCUT2D eigenvalue weighted by Gasteiger charge is 2.18. The van der Waals surface area contributed by atoms with Gasteiger partial charge >= 0.3 is 0 Å². The number of rotatable bonds is 4. The number of aromatic amines is 1. The molecule has 4 rings (SSSR count). The zero-order valence-electron chi connectivity index (χ0n) is 15.5. The van der Waals surface area contributed by atoms with Gasteiger partial charge in [0.1, 0.15) is 5.82 Å². The molecule has 144 valence electrons. The number of nitrogens with zero attached hydrogens (tertiary/aromatic N) is 1. The Bertz CT molecular complexity index is 1170. The molecule has 2 N–H and O–H groups in total. The lowest BCUT2D eigenvalue weighted by atomic mass is 10.1. The monoisotopic (exact) mass is 421 g/mol. The smallest absolute Gasteiger partial charge is 0.221 e. The van der Waals surface area contributed by atoms with E-state index in [2.05, 4.69) is 10.3 Å². The molecular formula is C23H17Cl2N3O. The second kappa shape index (κ2) is 8.11. The van der Waals surface area contributed by atoms with Crippen molar-refractivity contribution in [3.8, 4) is 33.9 Å². The molecule has 29 heavy (non-hydrogen) atoms. The second-order valence-electron chi connectivity index (χ2n) is 6.53. The number of hydrogen-bond acceptors (Lipinski definition) is 2. The number of benzene rings is 3. The van der Waals surface area contributed by atoms with E-state index in [1.54, 1.807) is 6.07 Å². The Labute approximate surface area is 178 Å². The molecule has 0 saturated heterocycles. The van der Waals surface area contributed by atoms with E-state index in [0.29, 0.717) is 15.9 Å². The molecule has 0 aliphatic rings. The summed E-state index contributed by atoms with van der Waals surface area (Å²) in [6.07, 6.45) is 0. The SMILES string of the molecule is CC(=O)Nc1ccc(-c2nc(-c3ccccc3)c(-c3cccc(Cl)c3Cl)[nH]2)cc1. The maximum Gasteiger partial charge on any atom is 0.221 e. The molecule has 0 aliphatic heterocycles. The van der Waals surface area contributed by atoms with E-state index in [9.17, 15) is 4.79 Å². The Morgan fingerprint density at radius 3 is 2.31 bits per heavy atom. The Morgan fingerprint density at radius 2 is 1.62 bits per heavy atom. The summed E-state index contributed by atoms with van der Waals surface area (Å²) >= 11 is 12.7. The van der Waals surface area contributed by atoms with Crippen LogP contribution >= 0.6 is 23.2 Å². The highest BCUT2D eigenvalue weighted by molar-refractivity contribution is 6.43. The minimum Gasteiger partial charge on any atom is -0.337 e. The quantitative estimate of drug-likeness (QED) is 0.386. The summed E-state index contributed by atoms with van der Waals surface area (Å²) in [4.78, 5) is 19.5. The van der Waals surface area contributed by atoms with E-state index in [1.165, 1.54) is 6.92 Å². The van der Waals surface area contributed by atoms with Crippen LogP contribution in [0.15, 0.2) is 72.8 Å². The molecule has 3 aromatic carbocycles. The number of halogens is 2. The van der Waals surface area contributed by atoms with Gasteiger partial charge in [0.2, 0.25) is 5.91 Å². The predicted octanol–water partition coefficient (Wildman–Crippen LogP) is 6.68. The number of imidazole rings is 1. The van der Waals surface area contributed by atoms with Crippen LogP contribution in [0.2, 0.25) is 10.0 Å². The molecule has 4 nitrogen and oxygen atoms in total. The Kier molecular flexibility index (Phi) is 5.38. The lowest BCUT2D eigenvalue weighted by molar-refractivity contribution is -0.114. The van der Waals surface area contributed by atoms with Crippen molar-refractivity contribution in [3.63, 3.8) is 0 Å². The Balaban J connectivity index is 1.84. The number of amides is 1. The first-order valence-electron chi connectivity index (χ1n) is 9.01. The molecule has 0 unspecified atom stereocenters. The van der Waals surface area contributed by atoms with Crippen molar-refractivity contribution in [1.29, 1.82) is 0 Å². The van der Waals surface area contributed by atoms with E-state index in [-0.39, 0.29) is 5.91 Å². The second-order valence-corrected chi connectivity index (χ2v) is 7.32. The number of aromatic nitrogens is 2. The molecule has 0 bridgehead atoms. The van der Waals surface area contributed by atoms with Crippen molar-refractivity contribution >= 4 is 34.8 Å². The summed E-state index contributed by atoms with van der Waals surface area (Å²) in [7, 11) is 0. The highest BCUT2D eigenvalue weighted by atomic mass is 35.5. The molecule has 1 heterocycles. The first kappa shape index (κ1) is 19.2. The van der Waals surface area contributed by atoms with E-state index in [1.807, 2.05) is 66.7 Å². The molecular weight excluding hydrogens is 405 g/mol. The topological polar surface area (TPSA) is 57.8 Å². The van der Waals surface area contributed by atoms with Gasteiger partial charge in [0.05, 0.1) is 21.4 Å². The van der Waals surface area contributed by atoms with Crippen molar-refractivity contribution in [1.82, 2.24) is 9.97 Å². The third-order valence-electron chi connectivity index (χ3n) is 4.45. The van der Waals surface area contributed by atoms with Crippen molar-refractivity contribution in [2.24, 2.45) is 0 Å². The number of nitrogens with one attached hydrogen (secondary N) is 2.